The predicted molar refractivity (Wildman–Crippen MR) is 113 cm³/mol. The average molecular weight is 382 g/mol. The molecule has 158 valence electrons. The van der Waals surface area contributed by atoms with E-state index in [2.05, 4.69) is 41.7 Å². The molecular formula is C23H45N2O2+. The van der Waals surface area contributed by atoms with Gasteiger partial charge in [0.2, 0.25) is 6.33 Å². The molecule has 0 aliphatic heterocycles. The summed E-state index contributed by atoms with van der Waals surface area (Å²) in [6.07, 6.45) is 21.6. The van der Waals surface area contributed by atoms with E-state index in [1.54, 1.807) is 0 Å². The van der Waals surface area contributed by atoms with Crippen LogP contribution < -0.4 is 4.57 Å². The van der Waals surface area contributed by atoms with Gasteiger partial charge in [0.25, 0.3) is 0 Å². The number of imidazole rings is 1. The second-order valence-corrected chi connectivity index (χ2v) is 7.65. The number of aryl methyl sites for hydroxylation is 2. The van der Waals surface area contributed by atoms with Crippen molar-refractivity contribution in [2.24, 2.45) is 0 Å². The van der Waals surface area contributed by atoms with Gasteiger partial charge in [-0.1, -0.05) is 39.5 Å². The lowest BCUT2D eigenvalue weighted by atomic mass is 10.2. The Hall–Kier alpha value is -0.870. The minimum Gasteiger partial charge on any atom is -0.381 e. The number of ether oxygens (including phenoxy) is 2. The molecule has 0 unspecified atom stereocenters. The molecule has 4 heteroatoms. The molecule has 0 aromatic carbocycles. The van der Waals surface area contributed by atoms with Crippen LogP contribution in [-0.4, -0.2) is 31.0 Å². The van der Waals surface area contributed by atoms with Crippen LogP contribution in [-0.2, 0) is 22.6 Å². The first-order valence-corrected chi connectivity index (χ1v) is 11.6. The predicted octanol–water partition coefficient (Wildman–Crippen LogP) is 5.53. The molecule has 0 bridgehead atoms. The van der Waals surface area contributed by atoms with Crippen LogP contribution in [0.25, 0.3) is 0 Å². The maximum Gasteiger partial charge on any atom is 0.243 e. The Labute approximate surface area is 168 Å². The van der Waals surface area contributed by atoms with Crippen molar-refractivity contribution < 1.29 is 14.0 Å². The summed E-state index contributed by atoms with van der Waals surface area (Å²) in [5, 5.41) is 0. The monoisotopic (exact) mass is 381 g/mol. The highest BCUT2D eigenvalue weighted by molar-refractivity contribution is 4.66. The Morgan fingerprint density at radius 1 is 0.667 bits per heavy atom. The Morgan fingerprint density at radius 2 is 1.22 bits per heavy atom. The van der Waals surface area contributed by atoms with E-state index in [9.17, 15) is 0 Å². The molecule has 0 N–H and O–H groups in total. The first-order chi connectivity index (χ1) is 13.4. The SMILES string of the molecule is CCCCCOCCCCCn1cc[n+](CCCCCOCCCCC)c1. The van der Waals surface area contributed by atoms with Crippen molar-refractivity contribution in [3.8, 4) is 0 Å². The van der Waals surface area contributed by atoms with E-state index >= 15 is 0 Å². The largest absolute Gasteiger partial charge is 0.381 e. The van der Waals surface area contributed by atoms with E-state index in [4.69, 9.17) is 9.47 Å². The van der Waals surface area contributed by atoms with Crippen LogP contribution in [0.5, 0.6) is 0 Å². The Morgan fingerprint density at radius 3 is 1.81 bits per heavy atom. The lowest BCUT2D eigenvalue weighted by Gasteiger charge is -2.03. The van der Waals surface area contributed by atoms with Gasteiger partial charge in [-0.2, -0.15) is 0 Å². The zero-order valence-corrected chi connectivity index (χ0v) is 18.2. The fourth-order valence-corrected chi connectivity index (χ4v) is 3.17. The fourth-order valence-electron chi connectivity index (χ4n) is 3.17. The van der Waals surface area contributed by atoms with Gasteiger partial charge in [0, 0.05) is 26.4 Å². The van der Waals surface area contributed by atoms with Crippen LogP contribution in [0.15, 0.2) is 18.7 Å². The molecule has 1 heterocycles. The maximum atomic E-state index is 5.67. The zero-order chi connectivity index (χ0) is 19.4. The summed E-state index contributed by atoms with van der Waals surface area (Å²) in [7, 11) is 0. The Bertz CT molecular complexity index is 384. The molecule has 0 aliphatic rings. The topological polar surface area (TPSA) is 27.3 Å². The van der Waals surface area contributed by atoms with E-state index < -0.39 is 0 Å². The summed E-state index contributed by atoms with van der Waals surface area (Å²) in [4.78, 5) is 0. The molecule has 27 heavy (non-hydrogen) atoms. The summed E-state index contributed by atoms with van der Waals surface area (Å²) in [5.74, 6) is 0. The molecule has 1 aromatic rings. The summed E-state index contributed by atoms with van der Waals surface area (Å²) >= 11 is 0. The van der Waals surface area contributed by atoms with Crippen LogP contribution in [0, 0.1) is 0 Å². The summed E-state index contributed by atoms with van der Waals surface area (Å²) < 4.78 is 16.0. The molecule has 1 aromatic heterocycles. The van der Waals surface area contributed by atoms with E-state index in [-0.39, 0.29) is 0 Å². The van der Waals surface area contributed by atoms with E-state index in [1.165, 1.54) is 77.0 Å². The van der Waals surface area contributed by atoms with Crippen molar-refractivity contribution in [1.82, 2.24) is 4.57 Å². The average Bonchev–Trinajstić information content (AvgIpc) is 3.13. The van der Waals surface area contributed by atoms with E-state index in [0.29, 0.717) is 0 Å². The molecular weight excluding hydrogens is 336 g/mol. The van der Waals surface area contributed by atoms with Crippen molar-refractivity contribution in [3.63, 3.8) is 0 Å². The van der Waals surface area contributed by atoms with Gasteiger partial charge >= 0.3 is 0 Å². The minimum atomic E-state index is 0.928. The zero-order valence-electron chi connectivity index (χ0n) is 18.2. The minimum absolute atomic E-state index is 0.928. The molecule has 0 aliphatic carbocycles. The highest BCUT2D eigenvalue weighted by atomic mass is 16.5. The van der Waals surface area contributed by atoms with Gasteiger partial charge in [-0.15, -0.1) is 0 Å². The Kier molecular flexibility index (Phi) is 16.6. The third-order valence-electron chi connectivity index (χ3n) is 4.94. The summed E-state index contributed by atoms with van der Waals surface area (Å²) in [5.41, 5.74) is 0. The molecule has 0 saturated carbocycles. The molecule has 0 radical (unpaired) electrons. The summed E-state index contributed by atoms with van der Waals surface area (Å²) in [6.45, 7) is 10.4. The third-order valence-corrected chi connectivity index (χ3v) is 4.94. The number of hydrogen-bond donors (Lipinski definition) is 0. The van der Waals surface area contributed by atoms with Crippen LogP contribution in [0.2, 0.25) is 0 Å². The highest BCUT2D eigenvalue weighted by Crippen LogP contribution is 2.02. The van der Waals surface area contributed by atoms with Crippen molar-refractivity contribution in [2.75, 3.05) is 26.4 Å². The maximum absolute atomic E-state index is 5.67. The highest BCUT2D eigenvalue weighted by Gasteiger charge is 2.03. The molecule has 4 nitrogen and oxygen atoms in total. The first-order valence-electron chi connectivity index (χ1n) is 11.6. The van der Waals surface area contributed by atoms with Gasteiger partial charge in [0.1, 0.15) is 12.4 Å². The van der Waals surface area contributed by atoms with Crippen LogP contribution in [0.3, 0.4) is 0 Å². The van der Waals surface area contributed by atoms with Crippen LogP contribution >= 0.6 is 0 Å². The molecule has 1 rings (SSSR count). The Balaban J connectivity index is 1.90. The number of aromatic nitrogens is 2. The van der Waals surface area contributed by atoms with Gasteiger partial charge in [-0.25, -0.2) is 9.13 Å². The standard InChI is InChI=1S/C23H45N2O2/c1-3-5-11-19-26-21-13-7-9-15-24-17-18-25(23-24)16-10-8-14-22-27-20-12-6-4-2/h17-18,23H,3-16,19-22H2,1-2H3/q+1. The molecule has 0 spiro atoms. The quantitative estimate of drug-likeness (QED) is 0.219. The molecule has 0 atom stereocenters. The van der Waals surface area contributed by atoms with E-state index in [0.717, 1.165) is 39.5 Å². The third kappa shape index (κ3) is 14.8. The van der Waals surface area contributed by atoms with Gasteiger partial charge in [0.15, 0.2) is 0 Å². The smallest absolute Gasteiger partial charge is 0.243 e. The summed E-state index contributed by atoms with van der Waals surface area (Å²) in [6, 6.07) is 0. The van der Waals surface area contributed by atoms with Crippen LogP contribution in [0.1, 0.15) is 90.9 Å². The van der Waals surface area contributed by atoms with Crippen LogP contribution in [0.4, 0.5) is 0 Å². The molecule has 0 amide bonds. The van der Waals surface area contributed by atoms with Crippen molar-refractivity contribution in [1.29, 1.82) is 0 Å². The fraction of sp³-hybridized carbons (Fsp3) is 0.870. The molecule has 0 saturated heterocycles. The number of rotatable bonds is 20. The first kappa shape index (κ1) is 24.2. The lowest BCUT2D eigenvalue weighted by molar-refractivity contribution is -0.696. The van der Waals surface area contributed by atoms with Gasteiger partial charge in [0.05, 0.1) is 13.1 Å². The molecule has 0 fully saturated rings. The second kappa shape index (κ2) is 18.5. The van der Waals surface area contributed by atoms with Gasteiger partial charge in [-0.05, 0) is 51.4 Å². The van der Waals surface area contributed by atoms with E-state index in [1.807, 2.05) is 0 Å². The van der Waals surface area contributed by atoms with Crippen molar-refractivity contribution in [3.05, 3.63) is 18.7 Å². The number of unbranched alkanes of at least 4 members (excludes halogenated alkanes) is 8. The van der Waals surface area contributed by atoms with Crippen molar-refractivity contribution >= 4 is 0 Å². The van der Waals surface area contributed by atoms with Gasteiger partial charge < -0.3 is 9.47 Å². The second-order valence-electron chi connectivity index (χ2n) is 7.65. The van der Waals surface area contributed by atoms with Gasteiger partial charge in [-0.3, -0.25) is 0 Å². The lowest BCUT2D eigenvalue weighted by Crippen LogP contribution is -2.30. The number of nitrogens with zero attached hydrogens (tertiary/aromatic N) is 2. The number of hydrogen-bond acceptors (Lipinski definition) is 2. The van der Waals surface area contributed by atoms with Crippen molar-refractivity contribution in [2.45, 2.75) is 104 Å². The normalized spacial score (nSPS) is 11.3.